The molecule has 2 aromatic carbocycles. The lowest BCUT2D eigenvalue weighted by Gasteiger charge is -2.21. The summed E-state index contributed by atoms with van der Waals surface area (Å²) in [6, 6.07) is 7.78. The minimum absolute atomic E-state index is 0.0161. The minimum Gasteiger partial charge on any atom is -0.508 e. The molecule has 0 amide bonds. The van der Waals surface area contributed by atoms with E-state index in [0.717, 1.165) is 15.3 Å². The number of carbonyl (C=O) groups is 1. The zero-order valence-corrected chi connectivity index (χ0v) is 21.1. The molecule has 11 heteroatoms. The van der Waals surface area contributed by atoms with Crippen LogP contribution in [0.15, 0.2) is 40.2 Å². The maximum atomic E-state index is 12.2. The average Bonchev–Trinajstić information content (AvgIpc) is 3.10. The molecule has 0 spiro atoms. The number of hydrogen-bond acceptors (Lipinski definition) is 7. The van der Waals surface area contributed by atoms with E-state index in [1.807, 2.05) is 13.0 Å². The maximum absolute atomic E-state index is 12.2. The van der Waals surface area contributed by atoms with Crippen molar-refractivity contribution < 1.29 is 15.0 Å². The van der Waals surface area contributed by atoms with E-state index in [9.17, 15) is 15.0 Å². The van der Waals surface area contributed by atoms with Crippen LogP contribution in [0.1, 0.15) is 30.2 Å². The van der Waals surface area contributed by atoms with Crippen LogP contribution in [-0.2, 0) is 4.79 Å². The topological polar surface area (TPSA) is 106 Å². The Balaban J connectivity index is 1.83. The zero-order valence-electron chi connectivity index (χ0n) is 17.2. The van der Waals surface area contributed by atoms with Crippen molar-refractivity contribution in [3.63, 3.8) is 0 Å². The Morgan fingerprint density at radius 2 is 1.85 bits per heavy atom. The molecule has 0 radical (unpaired) electrons. The van der Waals surface area contributed by atoms with Crippen molar-refractivity contribution in [2.75, 3.05) is 5.32 Å². The molecule has 0 bridgehead atoms. The van der Waals surface area contributed by atoms with E-state index in [1.54, 1.807) is 17.8 Å². The van der Waals surface area contributed by atoms with Crippen molar-refractivity contribution in [2.45, 2.75) is 23.3 Å². The van der Waals surface area contributed by atoms with Gasteiger partial charge in [-0.2, -0.15) is 0 Å². The third kappa shape index (κ3) is 4.72. The van der Waals surface area contributed by atoms with Crippen LogP contribution in [0.5, 0.6) is 5.75 Å². The molecule has 0 aliphatic carbocycles. The number of nitrogens with zero attached hydrogens (tertiary/aromatic N) is 1. The summed E-state index contributed by atoms with van der Waals surface area (Å²) < 4.78 is 0.911. The molecular formula is C22H16Cl3N3O3S2. The van der Waals surface area contributed by atoms with E-state index in [-0.39, 0.29) is 33.0 Å². The van der Waals surface area contributed by atoms with Crippen LogP contribution in [0, 0.1) is 5.41 Å². The second-order valence-electron chi connectivity index (χ2n) is 7.27. The van der Waals surface area contributed by atoms with Gasteiger partial charge in [-0.05, 0) is 55.3 Å². The van der Waals surface area contributed by atoms with Crippen molar-refractivity contribution in [1.82, 2.24) is 4.98 Å². The smallest absolute Gasteiger partial charge is 0.353 e. The van der Waals surface area contributed by atoms with E-state index < -0.39 is 5.97 Å². The predicted octanol–water partition coefficient (Wildman–Crippen LogP) is 7.59. The lowest BCUT2D eigenvalue weighted by atomic mass is 9.99. The van der Waals surface area contributed by atoms with Gasteiger partial charge in [0.25, 0.3) is 0 Å². The Labute approximate surface area is 212 Å². The van der Waals surface area contributed by atoms with Gasteiger partial charge in [0.2, 0.25) is 0 Å². The molecule has 1 atom stereocenters. The molecule has 170 valence electrons. The number of phenols is 1. The largest absolute Gasteiger partial charge is 0.508 e. The number of nitrogens with one attached hydrogen (secondary N) is 2. The van der Waals surface area contributed by atoms with Gasteiger partial charge in [0.15, 0.2) is 5.13 Å². The highest BCUT2D eigenvalue weighted by Crippen LogP contribution is 2.53. The highest BCUT2D eigenvalue weighted by molar-refractivity contribution is 8.01. The van der Waals surface area contributed by atoms with Crippen LogP contribution < -0.4 is 5.32 Å². The molecule has 0 saturated heterocycles. The summed E-state index contributed by atoms with van der Waals surface area (Å²) in [4.78, 5) is 16.8. The Bertz CT molecular complexity index is 1330. The standard InChI is InChI=1S/C22H16Cl3N3O3S2/c1-8(26)17(10-3-11(23)5-12(29)4-10)19(20(30)31)28-22-27-18-14-7-16(25)15(24)6-13(14)9(2)32-21(18)33-22/h3-7,9,26,29H,1-2H3,(H,27,28)(H,30,31)/b19-17+,26-8?. The van der Waals surface area contributed by atoms with Gasteiger partial charge in [0.05, 0.1) is 19.9 Å². The zero-order chi connectivity index (χ0) is 24.0. The van der Waals surface area contributed by atoms with E-state index >= 15 is 0 Å². The number of aromatic nitrogens is 1. The third-order valence-electron chi connectivity index (χ3n) is 4.91. The van der Waals surface area contributed by atoms with Crippen LogP contribution in [-0.4, -0.2) is 26.9 Å². The number of allylic oxidation sites excluding steroid dienone is 1. The van der Waals surface area contributed by atoms with E-state index in [2.05, 4.69) is 10.3 Å². The number of anilines is 1. The highest BCUT2D eigenvalue weighted by atomic mass is 35.5. The molecular weight excluding hydrogens is 525 g/mol. The summed E-state index contributed by atoms with van der Waals surface area (Å²) in [5.41, 5.74) is 2.66. The highest BCUT2D eigenvalue weighted by Gasteiger charge is 2.29. The van der Waals surface area contributed by atoms with Crippen molar-refractivity contribution in [3.8, 4) is 17.0 Å². The number of aliphatic carboxylic acids is 1. The number of phenolic OH excluding ortho intramolecular Hbond substituents is 1. The molecule has 2 heterocycles. The minimum atomic E-state index is -1.28. The number of thioether (sulfide) groups is 1. The van der Waals surface area contributed by atoms with Gasteiger partial charge in [0, 0.05) is 27.1 Å². The van der Waals surface area contributed by atoms with Crippen molar-refractivity contribution in [1.29, 1.82) is 5.41 Å². The molecule has 0 fully saturated rings. The van der Waals surface area contributed by atoms with Crippen LogP contribution in [0.25, 0.3) is 16.8 Å². The Morgan fingerprint density at radius 3 is 2.48 bits per heavy atom. The van der Waals surface area contributed by atoms with Crippen LogP contribution in [0.3, 0.4) is 0 Å². The quantitative estimate of drug-likeness (QED) is 0.196. The second-order valence-corrected chi connectivity index (χ2v) is 11.1. The Morgan fingerprint density at radius 1 is 1.15 bits per heavy atom. The molecule has 6 nitrogen and oxygen atoms in total. The summed E-state index contributed by atoms with van der Waals surface area (Å²) in [6.07, 6.45) is 0. The van der Waals surface area contributed by atoms with E-state index in [0.29, 0.717) is 26.4 Å². The van der Waals surface area contributed by atoms with E-state index in [1.165, 1.54) is 36.5 Å². The van der Waals surface area contributed by atoms with Crippen LogP contribution >= 0.6 is 57.9 Å². The Hall–Kier alpha value is -2.23. The fraction of sp³-hybridized carbons (Fsp3) is 0.136. The molecule has 33 heavy (non-hydrogen) atoms. The van der Waals surface area contributed by atoms with Gasteiger partial charge >= 0.3 is 5.97 Å². The number of fused-ring (bicyclic) bond motifs is 3. The summed E-state index contributed by atoms with van der Waals surface area (Å²) in [7, 11) is 0. The molecule has 4 rings (SSSR count). The van der Waals surface area contributed by atoms with Gasteiger partial charge in [-0.1, -0.05) is 46.1 Å². The molecule has 1 aliphatic heterocycles. The van der Waals surface area contributed by atoms with Gasteiger partial charge in [0.1, 0.15) is 11.4 Å². The third-order valence-corrected chi connectivity index (χ3v) is 8.17. The summed E-state index contributed by atoms with van der Waals surface area (Å²) in [5, 5.41) is 32.5. The first-order valence-corrected chi connectivity index (χ1v) is 12.3. The van der Waals surface area contributed by atoms with Gasteiger partial charge in [-0.25, -0.2) is 9.78 Å². The normalized spacial score (nSPS) is 15.4. The molecule has 4 N–H and O–H groups in total. The number of aromatic hydroxyl groups is 1. The van der Waals surface area contributed by atoms with Gasteiger partial charge in [-0.15, -0.1) is 11.8 Å². The van der Waals surface area contributed by atoms with Crippen molar-refractivity contribution in [3.05, 3.63) is 62.2 Å². The number of rotatable bonds is 5. The summed E-state index contributed by atoms with van der Waals surface area (Å²) >= 11 is 21.4. The SMILES string of the molecule is CC(=N)/C(=C(\Nc1nc2c(s1)SC(C)c1cc(Cl)c(Cl)cc1-2)C(=O)O)c1cc(O)cc(Cl)c1. The van der Waals surface area contributed by atoms with Gasteiger partial charge < -0.3 is 20.9 Å². The fourth-order valence-corrected chi connectivity index (χ4v) is 6.59. The first-order chi connectivity index (χ1) is 15.5. The Kier molecular flexibility index (Phi) is 6.66. The summed E-state index contributed by atoms with van der Waals surface area (Å²) in [5.74, 6) is -1.41. The predicted molar refractivity (Wildman–Crippen MR) is 137 cm³/mol. The molecule has 1 unspecified atom stereocenters. The molecule has 1 aliphatic rings. The fourth-order valence-electron chi connectivity index (χ4n) is 3.53. The second kappa shape index (κ2) is 9.19. The van der Waals surface area contributed by atoms with Crippen molar-refractivity contribution in [2.24, 2.45) is 0 Å². The average molecular weight is 541 g/mol. The molecule has 1 aromatic heterocycles. The lowest BCUT2D eigenvalue weighted by Crippen LogP contribution is -2.16. The first kappa shape index (κ1) is 23.9. The number of halogens is 3. The van der Waals surface area contributed by atoms with E-state index in [4.69, 9.17) is 40.2 Å². The molecule has 0 saturated carbocycles. The van der Waals surface area contributed by atoms with Crippen molar-refractivity contribution >= 4 is 80.3 Å². The first-order valence-electron chi connectivity index (χ1n) is 9.52. The number of benzene rings is 2. The van der Waals surface area contributed by atoms with Crippen LogP contribution in [0.4, 0.5) is 5.13 Å². The maximum Gasteiger partial charge on any atom is 0.353 e. The number of carboxylic acid groups (broad SMARTS) is 1. The number of thiazole rings is 1. The monoisotopic (exact) mass is 539 g/mol. The molecule has 3 aromatic rings. The lowest BCUT2D eigenvalue weighted by molar-refractivity contribution is -0.132. The number of hydrogen-bond donors (Lipinski definition) is 4. The van der Waals surface area contributed by atoms with Gasteiger partial charge in [-0.3, -0.25) is 0 Å². The summed E-state index contributed by atoms with van der Waals surface area (Å²) in [6.45, 7) is 3.51. The van der Waals surface area contributed by atoms with Crippen LogP contribution in [0.2, 0.25) is 15.1 Å². The number of carboxylic acids is 1.